The smallest absolute Gasteiger partial charge is 0.134 e. The molecule has 1 aromatic carbocycles. The average molecular weight is 217 g/mol. The number of Topliss-reactive ketones (excluding diaryl/α,β-unsaturated/α-hetero) is 1. The molecule has 0 spiro atoms. The van der Waals surface area contributed by atoms with Crippen molar-refractivity contribution in [2.24, 2.45) is 0 Å². The monoisotopic (exact) mass is 217 g/mol. The summed E-state index contributed by atoms with van der Waals surface area (Å²) in [6.45, 7) is 3.63. The lowest BCUT2D eigenvalue weighted by Gasteiger charge is -2.03. The average Bonchev–Trinajstić information content (AvgIpc) is 2.61. The van der Waals surface area contributed by atoms with Crippen LogP contribution in [-0.2, 0) is 11.2 Å². The van der Waals surface area contributed by atoms with Gasteiger partial charge < -0.3 is 9.72 Å². The molecule has 84 valence electrons. The molecule has 1 N–H and O–H groups in total. The molecule has 0 saturated heterocycles. The van der Waals surface area contributed by atoms with Crippen molar-refractivity contribution in [2.75, 3.05) is 7.11 Å². The number of aromatic amines is 1. The molecule has 0 saturated carbocycles. The van der Waals surface area contributed by atoms with Gasteiger partial charge in [0, 0.05) is 23.5 Å². The summed E-state index contributed by atoms with van der Waals surface area (Å²) in [6, 6.07) is 3.95. The highest BCUT2D eigenvalue weighted by atomic mass is 16.5. The zero-order valence-corrected chi connectivity index (χ0v) is 9.76. The molecular weight excluding hydrogens is 202 g/mol. The number of ketones is 1. The van der Waals surface area contributed by atoms with E-state index in [1.54, 1.807) is 14.0 Å². The number of H-pyrrole nitrogens is 1. The van der Waals surface area contributed by atoms with Gasteiger partial charge in [0.15, 0.2) is 0 Å². The molecule has 3 heteroatoms. The van der Waals surface area contributed by atoms with Gasteiger partial charge in [0.1, 0.15) is 11.5 Å². The second-order valence-corrected chi connectivity index (χ2v) is 4.06. The van der Waals surface area contributed by atoms with E-state index in [9.17, 15) is 4.79 Å². The molecule has 1 aromatic heterocycles. The van der Waals surface area contributed by atoms with Crippen molar-refractivity contribution in [3.8, 4) is 5.75 Å². The Balaban J connectivity index is 2.60. The standard InChI is InChI=1S/C13H15NO2/c1-8-4-11(16-3)6-12-10(5-9(2)15)7-14-13(8)12/h4,6-7,14H,5H2,1-3H3. The number of methoxy groups -OCH3 is 1. The van der Waals surface area contributed by atoms with E-state index in [0.29, 0.717) is 6.42 Å². The van der Waals surface area contributed by atoms with Crippen LogP contribution in [0.1, 0.15) is 18.1 Å². The lowest BCUT2D eigenvalue weighted by Crippen LogP contribution is -1.95. The van der Waals surface area contributed by atoms with Gasteiger partial charge in [0.2, 0.25) is 0 Å². The molecule has 0 fully saturated rings. The summed E-state index contributed by atoms with van der Waals surface area (Å²) >= 11 is 0. The molecule has 0 aliphatic rings. The quantitative estimate of drug-likeness (QED) is 0.858. The predicted molar refractivity (Wildman–Crippen MR) is 64.0 cm³/mol. The van der Waals surface area contributed by atoms with Crippen LogP contribution in [0.4, 0.5) is 0 Å². The third-order valence-corrected chi connectivity index (χ3v) is 2.72. The van der Waals surface area contributed by atoms with Gasteiger partial charge in [0.25, 0.3) is 0 Å². The fraction of sp³-hybridized carbons (Fsp3) is 0.308. The summed E-state index contributed by atoms with van der Waals surface area (Å²) in [5.41, 5.74) is 3.24. The molecular formula is C13H15NO2. The van der Waals surface area contributed by atoms with Crippen LogP contribution < -0.4 is 4.74 Å². The summed E-state index contributed by atoms with van der Waals surface area (Å²) in [5, 5.41) is 1.08. The summed E-state index contributed by atoms with van der Waals surface area (Å²) in [6.07, 6.45) is 2.37. The molecule has 0 atom stereocenters. The van der Waals surface area contributed by atoms with E-state index in [1.165, 1.54) is 0 Å². The summed E-state index contributed by atoms with van der Waals surface area (Å²) < 4.78 is 5.23. The maximum absolute atomic E-state index is 11.1. The molecule has 3 nitrogen and oxygen atoms in total. The van der Waals surface area contributed by atoms with Gasteiger partial charge >= 0.3 is 0 Å². The molecule has 1 heterocycles. The zero-order chi connectivity index (χ0) is 11.7. The number of hydrogen-bond acceptors (Lipinski definition) is 2. The summed E-state index contributed by atoms with van der Waals surface area (Å²) in [5.74, 6) is 0.996. The van der Waals surface area contributed by atoms with Crippen molar-refractivity contribution in [3.63, 3.8) is 0 Å². The number of ether oxygens (including phenoxy) is 1. The lowest BCUT2D eigenvalue weighted by molar-refractivity contribution is -0.116. The molecule has 0 aliphatic carbocycles. The minimum atomic E-state index is 0.168. The number of fused-ring (bicyclic) bond motifs is 1. The Morgan fingerprint density at radius 1 is 1.44 bits per heavy atom. The van der Waals surface area contributed by atoms with Crippen molar-refractivity contribution in [3.05, 3.63) is 29.5 Å². The van der Waals surface area contributed by atoms with E-state index in [0.717, 1.165) is 27.8 Å². The van der Waals surface area contributed by atoms with Crippen LogP contribution in [0.15, 0.2) is 18.3 Å². The Bertz CT molecular complexity index is 540. The van der Waals surface area contributed by atoms with Gasteiger partial charge in [-0.05, 0) is 37.1 Å². The van der Waals surface area contributed by atoms with E-state index in [4.69, 9.17) is 4.74 Å². The highest BCUT2D eigenvalue weighted by molar-refractivity contribution is 5.91. The normalized spacial score (nSPS) is 10.7. The van der Waals surface area contributed by atoms with E-state index in [-0.39, 0.29) is 5.78 Å². The predicted octanol–water partition coefficient (Wildman–Crippen LogP) is 2.62. The number of aromatic nitrogens is 1. The van der Waals surface area contributed by atoms with Crippen molar-refractivity contribution in [2.45, 2.75) is 20.3 Å². The number of aryl methyl sites for hydroxylation is 1. The first-order valence-electron chi connectivity index (χ1n) is 5.26. The molecule has 16 heavy (non-hydrogen) atoms. The van der Waals surface area contributed by atoms with Crippen LogP contribution in [0.3, 0.4) is 0 Å². The van der Waals surface area contributed by atoms with Crippen LogP contribution in [0.25, 0.3) is 10.9 Å². The van der Waals surface area contributed by atoms with Crippen molar-refractivity contribution >= 4 is 16.7 Å². The second-order valence-electron chi connectivity index (χ2n) is 4.06. The molecule has 0 bridgehead atoms. The number of hydrogen-bond donors (Lipinski definition) is 1. The Labute approximate surface area is 94.4 Å². The maximum Gasteiger partial charge on any atom is 0.134 e. The topological polar surface area (TPSA) is 42.1 Å². The van der Waals surface area contributed by atoms with Gasteiger partial charge in [0.05, 0.1) is 7.11 Å². The van der Waals surface area contributed by atoms with Gasteiger partial charge in [-0.25, -0.2) is 0 Å². The summed E-state index contributed by atoms with van der Waals surface area (Å²) in [4.78, 5) is 14.4. The Morgan fingerprint density at radius 3 is 2.81 bits per heavy atom. The first-order valence-corrected chi connectivity index (χ1v) is 5.26. The number of benzene rings is 1. The SMILES string of the molecule is COc1cc(C)c2[nH]cc(CC(C)=O)c2c1. The second kappa shape index (κ2) is 4.00. The maximum atomic E-state index is 11.1. The minimum absolute atomic E-state index is 0.168. The Kier molecular flexibility index (Phi) is 2.69. The Morgan fingerprint density at radius 2 is 2.19 bits per heavy atom. The largest absolute Gasteiger partial charge is 0.497 e. The van der Waals surface area contributed by atoms with Crippen LogP contribution in [-0.4, -0.2) is 17.9 Å². The molecule has 2 rings (SSSR count). The minimum Gasteiger partial charge on any atom is -0.497 e. The highest BCUT2D eigenvalue weighted by Gasteiger charge is 2.09. The van der Waals surface area contributed by atoms with Crippen molar-refractivity contribution in [1.29, 1.82) is 0 Å². The van der Waals surface area contributed by atoms with Crippen LogP contribution in [0, 0.1) is 6.92 Å². The van der Waals surface area contributed by atoms with Crippen LogP contribution >= 0.6 is 0 Å². The lowest BCUT2D eigenvalue weighted by atomic mass is 10.1. The zero-order valence-electron chi connectivity index (χ0n) is 9.76. The van der Waals surface area contributed by atoms with Crippen molar-refractivity contribution < 1.29 is 9.53 Å². The van der Waals surface area contributed by atoms with Gasteiger partial charge in [-0.15, -0.1) is 0 Å². The fourth-order valence-electron chi connectivity index (χ4n) is 1.97. The highest BCUT2D eigenvalue weighted by Crippen LogP contribution is 2.27. The van der Waals surface area contributed by atoms with Crippen LogP contribution in [0.5, 0.6) is 5.75 Å². The third-order valence-electron chi connectivity index (χ3n) is 2.72. The van der Waals surface area contributed by atoms with Gasteiger partial charge in [-0.2, -0.15) is 0 Å². The number of nitrogens with one attached hydrogen (secondary N) is 1. The van der Waals surface area contributed by atoms with Crippen LogP contribution in [0.2, 0.25) is 0 Å². The fourth-order valence-corrected chi connectivity index (χ4v) is 1.97. The number of carbonyl (C=O) groups excluding carboxylic acids is 1. The molecule has 0 radical (unpaired) electrons. The summed E-state index contributed by atoms with van der Waals surface area (Å²) in [7, 11) is 1.65. The van der Waals surface area contributed by atoms with Gasteiger partial charge in [-0.3, -0.25) is 4.79 Å². The first-order chi connectivity index (χ1) is 7.61. The number of rotatable bonds is 3. The first kappa shape index (κ1) is 10.7. The molecule has 2 aromatic rings. The van der Waals surface area contributed by atoms with E-state index >= 15 is 0 Å². The molecule has 0 amide bonds. The Hall–Kier alpha value is -1.77. The van der Waals surface area contributed by atoms with Gasteiger partial charge in [-0.1, -0.05) is 0 Å². The number of carbonyl (C=O) groups is 1. The van der Waals surface area contributed by atoms with E-state index in [1.807, 2.05) is 25.3 Å². The van der Waals surface area contributed by atoms with E-state index < -0.39 is 0 Å². The molecule has 0 unspecified atom stereocenters. The third kappa shape index (κ3) is 1.81. The molecule has 0 aliphatic heterocycles. The van der Waals surface area contributed by atoms with E-state index in [2.05, 4.69) is 4.98 Å². The van der Waals surface area contributed by atoms with Crippen molar-refractivity contribution in [1.82, 2.24) is 4.98 Å².